The Kier molecular flexibility index (Phi) is 6.45. The molecule has 9 heteroatoms. The predicted octanol–water partition coefficient (Wildman–Crippen LogP) is 2.24. The molecule has 1 amide bonds. The van der Waals surface area contributed by atoms with Crippen molar-refractivity contribution in [3.05, 3.63) is 77.2 Å². The van der Waals surface area contributed by atoms with E-state index in [-0.39, 0.29) is 24.0 Å². The van der Waals surface area contributed by atoms with Crippen molar-refractivity contribution in [2.75, 3.05) is 12.3 Å². The maximum Gasteiger partial charge on any atom is 0.244 e. The lowest BCUT2D eigenvalue weighted by atomic mass is 10.2. The third kappa shape index (κ3) is 5.41. The van der Waals surface area contributed by atoms with E-state index < -0.39 is 15.9 Å². The summed E-state index contributed by atoms with van der Waals surface area (Å²) in [6, 6.07) is 14.7. The van der Waals surface area contributed by atoms with Gasteiger partial charge in [-0.15, -0.1) is 0 Å². The number of pyridine rings is 1. The van der Waals surface area contributed by atoms with Crippen LogP contribution in [0.5, 0.6) is 0 Å². The van der Waals surface area contributed by atoms with Crippen LogP contribution in [0.25, 0.3) is 11.7 Å². The van der Waals surface area contributed by atoms with Gasteiger partial charge >= 0.3 is 0 Å². The Labute approximate surface area is 168 Å². The van der Waals surface area contributed by atoms with Gasteiger partial charge in [-0.3, -0.25) is 9.20 Å². The lowest BCUT2D eigenvalue weighted by molar-refractivity contribution is -0.116. The highest BCUT2D eigenvalue weighted by Gasteiger charge is 2.11. The fraction of sp³-hybridized carbons (Fsp3) is 0.158. The van der Waals surface area contributed by atoms with Crippen LogP contribution in [0.4, 0.5) is 0 Å². The highest BCUT2D eigenvalue weighted by Crippen LogP contribution is 2.18. The van der Waals surface area contributed by atoms with Gasteiger partial charge in [0.05, 0.1) is 11.4 Å². The van der Waals surface area contributed by atoms with Gasteiger partial charge in [-0.1, -0.05) is 48.0 Å². The molecule has 0 aliphatic rings. The molecule has 0 aliphatic heterocycles. The number of amides is 1. The molecular formula is C19H19ClN4O3S. The quantitative estimate of drug-likeness (QED) is 0.549. The number of rotatable bonds is 8. The van der Waals surface area contributed by atoms with E-state index in [1.54, 1.807) is 22.7 Å². The second-order valence-electron chi connectivity index (χ2n) is 5.97. The summed E-state index contributed by atoms with van der Waals surface area (Å²) in [5.41, 5.74) is 2.11. The van der Waals surface area contributed by atoms with Crippen LogP contribution in [-0.2, 0) is 21.4 Å². The lowest BCUT2D eigenvalue weighted by Gasteiger charge is -2.07. The van der Waals surface area contributed by atoms with E-state index in [4.69, 9.17) is 11.6 Å². The van der Waals surface area contributed by atoms with Crippen LogP contribution in [0, 0.1) is 0 Å². The molecule has 28 heavy (non-hydrogen) atoms. The van der Waals surface area contributed by atoms with Crippen molar-refractivity contribution in [1.29, 1.82) is 0 Å². The van der Waals surface area contributed by atoms with E-state index in [2.05, 4.69) is 15.0 Å². The molecule has 2 aromatic heterocycles. The summed E-state index contributed by atoms with van der Waals surface area (Å²) in [7, 11) is -3.49. The summed E-state index contributed by atoms with van der Waals surface area (Å²) in [5, 5.41) is 2.83. The van der Waals surface area contributed by atoms with Crippen molar-refractivity contribution in [3.63, 3.8) is 0 Å². The second kappa shape index (κ2) is 9.01. The number of hydrogen-bond acceptors (Lipinski definition) is 4. The zero-order valence-corrected chi connectivity index (χ0v) is 16.4. The topological polar surface area (TPSA) is 92.6 Å². The highest BCUT2D eigenvalue weighted by molar-refractivity contribution is 7.89. The number of nitrogens with zero attached hydrogens (tertiary/aromatic N) is 2. The number of aromatic nitrogens is 2. The van der Waals surface area contributed by atoms with Crippen LogP contribution in [0.3, 0.4) is 0 Å². The summed E-state index contributed by atoms with van der Waals surface area (Å²) in [6.45, 7) is 0.206. The molecule has 2 N–H and O–H groups in total. The number of hydrogen-bond donors (Lipinski definition) is 2. The minimum Gasteiger partial charge on any atom is -0.351 e. The van der Waals surface area contributed by atoms with Gasteiger partial charge < -0.3 is 5.32 Å². The Morgan fingerprint density at radius 2 is 1.89 bits per heavy atom. The zero-order valence-electron chi connectivity index (χ0n) is 14.9. The van der Waals surface area contributed by atoms with E-state index >= 15 is 0 Å². The molecule has 146 valence electrons. The van der Waals surface area contributed by atoms with Gasteiger partial charge in [-0.25, -0.2) is 18.1 Å². The smallest absolute Gasteiger partial charge is 0.244 e. The normalized spacial score (nSPS) is 11.9. The fourth-order valence-electron chi connectivity index (χ4n) is 2.52. The Bertz CT molecular complexity index is 1090. The Hall–Kier alpha value is -2.68. The van der Waals surface area contributed by atoms with E-state index in [0.717, 1.165) is 5.56 Å². The summed E-state index contributed by atoms with van der Waals surface area (Å²) in [6.07, 6.45) is 4.63. The van der Waals surface area contributed by atoms with E-state index in [9.17, 15) is 13.2 Å². The predicted molar refractivity (Wildman–Crippen MR) is 109 cm³/mol. The largest absolute Gasteiger partial charge is 0.351 e. The van der Waals surface area contributed by atoms with E-state index in [1.165, 1.54) is 6.08 Å². The van der Waals surface area contributed by atoms with Crippen molar-refractivity contribution in [2.45, 2.75) is 6.54 Å². The third-order valence-corrected chi connectivity index (χ3v) is 5.53. The maximum atomic E-state index is 12.0. The number of benzene rings is 1. The van der Waals surface area contributed by atoms with Crippen LogP contribution < -0.4 is 10.0 Å². The minimum atomic E-state index is -3.49. The summed E-state index contributed by atoms with van der Waals surface area (Å²) < 4.78 is 28.3. The van der Waals surface area contributed by atoms with Gasteiger partial charge in [0.25, 0.3) is 0 Å². The van der Waals surface area contributed by atoms with E-state index in [1.807, 2.05) is 42.5 Å². The van der Waals surface area contributed by atoms with Crippen molar-refractivity contribution in [3.8, 4) is 0 Å². The molecule has 0 aliphatic carbocycles. The standard InChI is InChI=1S/C19H19ClN4O3S/c20-19-16(24-12-5-4-8-17(24)23-19)9-10-18(25)21-11-13-28(26,27)22-14-15-6-2-1-3-7-15/h1-10,12,22H,11,13-14H2,(H,21,25). The summed E-state index contributed by atoms with van der Waals surface area (Å²) in [5.74, 6) is -0.629. The number of carbonyl (C=O) groups is 1. The summed E-state index contributed by atoms with van der Waals surface area (Å²) >= 11 is 6.10. The number of sulfonamides is 1. The second-order valence-corrected chi connectivity index (χ2v) is 8.25. The molecule has 3 rings (SSSR count). The van der Waals surface area contributed by atoms with Crippen molar-refractivity contribution in [2.24, 2.45) is 0 Å². The van der Waals surface area contributed by atoms with Crippen LogP contribution in [0.1, 0.15) is 11.3 Å². The van der Waals surface area contributed by atoms with Gasteiger partial charge in [0.1, 0.15) is 5.65 Å². The molecule has 2 heterocycles. The Morgan fingerprint density at radius 3 is 2.68 bits per heavy atom. The van der Waals surface area contributed by atoms with Crippen LogP contribution in [-0.4, -0.2) is 36.0 Å². The van der Waals surface area contributed by atoms with Crippen molar-refractivity contribution in [1.82, 2.24) is 19.4 Å². The zero-order chi connectivity index (χ0) is 20.0. The first kappa shape index (κ1) is 20.1. The first-order chi connectivity index (χ1) is 13.4. The number of imidazole rings is 1. The van der Waals surface area contributed by atoms with Crippen molar-refractivity contribution >= 4 is 39.3 Å². The van der Waals surface area contributed by atoms with Crippen LogP contribution in [0.2, 0.25) is 5.15 Å². The molecule has 0 atom stereocenters. The molecule has 0 saturated heterocycles. The molecule has 1 aromatic carbocycles. The third-order valence-electron chi connectivity index (χ3n) is 3.92. The number of fused-ring (bicyclic) bond motifs is 1. The van der Waals surface area contributed by atoms with Gasteiger partial charge in [-0.05, 0) is 23.8 Å². The Morgan fingerprint density at radius 1 is 1.14 bits per heavy atom. The van der Waals surface area contributed by atoms with Crippen LogP contribution in [0.15, 0.2) is 60.8 Å². The van der Waals surface area contributed by atoms with Crippen molar-refractivity contribution < 1.29 is 13.2 Å². The fourth-order valence-corrected chi connectivity index (χ4v) is 3.66. The minimum absolute atomic E-state index is 0.00577. The average molecular weight is 419 g/mol. The molecule has 0 spiro atoms. The number of nitrogens with one attached hydrogen (secondary N) is 2. The lowest BCUT2D eigenvalue weighted by Crippen LogP contribution is -2.33. The van der Waals surface area contributed by atoms with E-state index in [0.29, 0.717) is 11.3 Å². The first-order valence-corrected chi connectivity index (χ1v) is 10.6. The summed E-state index contributed by atoms with van der Waals surface area (Å²) in [4.78, 5) is 16.2. The Balaban J connectivity index is 1.50. The SMILES string of the molecule is O=C(C=Cc1c(Cl)nc2ccccn12)NCCS(=O)(=O)NCc1ccccc1. The maximum absolute atomic E-state index is 12.0. The number of carbonyl (C=O) groups excluding carboxylic acids is 1. The van der Waals surface area contributed by atoms with Gasteiger partial charge in [0.2, 0.25) is 15.9 Å². The molecule has 3 aromatic rings. The molecule has 0 unspecified atom stereocenters. The van der Waals surface area contributed by atoms with Crippen LogP contribution >= 0.6 is 11.6 Å². The monoisotopic (exact) mass is 418 g/mol. The number of halogens is 1. The molecule has 0 bridgehead atoms. The molecule has 0 radical (unpaired) electrons. The molecule has 7 nitrogen and oxygen atoms in total. The highest BCUT2D eigenvalue weighted by atomic mass is 35.5. The first-order valence-electron chi connectivity index (χ1n) is 8.54. The van der Waals surface area contributed by atoms with Gasteiger partial charge in [-0.2, -0.15) is 0 Å². The molecular weight excluding hydrogens is 400 g/mol. The van der Waals surface area contributed by atoms with Gasteiger partial charge in [0, 0.05) is 25.4 Å². The molecule has 0 fully saturated rings. The van der Waals surface area contributed by atoms with Gasteiger partial charge in [0.15, 0.2) is 5.15 Å². The molecule has 0 saturated carbocycles. The average Bonchev–Trinajstić information content (AvgIpc) is 3.00.